The SMILES string of the molecule is NNC(c1cnc2ccsc2c1)c1occc1Br. The van der Waals surface area contributed by atoms with Crippen LogP contribution in [-0.2, 0) is 0 Å². The maximum Gasteiger partial charge on any atom is 0.140 e. The Morgan fingerprint density at radius 1 is 1.44 bits per heavy atom. The summed E-state index contributed by atoms with van der Waals surface area (Å²) in [6.07, 6.45) is 3.44. The standard InChI is InChI=1S/C12H10BrN3OS/c13-8-1-3-17-12(8)11(16-14)7-5-10-9(15-6-7)2-4-18-10/h1-6,11,16H,14H2. The van der Waals surface area contributed by atoms with Gasteiger partial charge in [-0.3, -0.25) is 10.8 Å². The number of aromatic nitrogens is 1. The van der Waals surface area contributed by atoms with E-state index in [9.17, 15) is 0 Å². The van der Waals surface area contributed by atoms with Crippen LogP contribution in [0.3, 0.4) is 0 Å². The molecule has 3 rings (SSSR count). The molecule has 0 saturated carbocycles. The van der Waals surface area contributed by atoms with Crippen LogP contribution in [0.5, 0.6) is 0 Å². The summed E-state index contributed by atoms with van der Waals surface area (Å²) in [5.41, 5.74) is 4.73. The maximum atomic E-state index is 5.63. The van der Waals surface area contributed by atoms with Crippen LogP contribution in [0.2, 0.25) is 0 Å². The number of nitrogens with two attached hydrogens (primary N) is 1. The molecule has 0 radical (unpaired) electrons. The van der Waals surface area contributed by atoms with Crippen molar-refractivity contribution < 1.29 is 4.42 Å². The molecule has 4 nitrogen and oxygen atoms in total. The van der Waals surface area contributed by atoms with Crippen molar-refractivity contribution >= 4 is 37.5 Å². The fourth-order valence-corrected chi connectivity index (χ4v) is 3.07. The zero-order valence-corrected chi connectivity index (χ0v) is 11.7. The van der Waals surface area contributed by atoms with Gasteiger partial charge in [-0.05, 0) is 45.1 Å². The van der Waals surface area contributed by atoms with Gasteiger partial charge in [-0.25, -0.2) is 5.43 Å². The summed E-state index contributed by atoms with van der Waals surface area (Å²) in [4.78, 5) is 4.41. The molecule has 92 valence electrons. The minimum atomic E-state index is -0.214. The highest BCUT2D eigenvalue weighted by Gasteiger charge is 2.19. The van der Waals surface area contributed by atoms with Gasteiger partial charge in [-0.2, -0.15) is 0 Å². The number of furan rings is 1. The number of rotatable bonds is 3. The van der Waals surface area contributed by atoms with E-state index in [1.165, 1.54) is 0 Å². The van der Waals surface area contributed by atoms with Crippen molar-refractivity contribution in [3.63, 3.8) is 0 Å². The summed E-state index contributed by atoms with van der Waals surface area (Å²) in [7, 11) is 0. The molecule has 3 heterocycles. The maximum absolute atomic E-state index is 5.63. The molecule has 0 aliphatic heterocycles. The van der Waals surface area contributed by atoms with Crippen LogP contribution >= 0.6 is 27.3 Å². The Bertz CT molecular complexity index is 679. The van der Waals surface area contributed by atoms with Crippen molar-refractivity contribution in [1.29, 1.82) is 0 Å². The molecule has 3 aromatic heterocycles. The summed E-state index contributed by atoms with van der Waals surface area (Å²) in [5, 5.41) is 2.02. The van der Waals surface area contributed by atoms with Crippen molar-refractivity contribution in [2.75, 3.05) is 0 Å². The van der Waals surface area contributed by atoms with Crippen molar-refractivity contribution in [3.8, 4) is 0 Å². The molecular formula is C12H10BrN3OS. The van der Waals surface area contributed by atoms with E-state index in [4.69, 9.17) is 10.3 Å². The minimum absolute atomic E-state index is 0.214. The summed E-state index contributed by atoms with van der Waals surface area (Å²) in [5.74, 6) is 6.37. The lowest BCUT2D eigenvalue weighted by Crippen LogP contribution is -2.28. The molecule has 0 aromatic carbocycles. The number of fused-ring (bicyclic) bond motifs is 1. The summed E-state index contributed by atoms with van der Waals surface area (Å²) in [6.45, 7) is 0. The second kappa shape index (κ2) is 4.81. The molecule has 0 aliphatic carbocycles. The highest BCUT2D eigenvalue weighted by molar-refractivity contribution is 9.10. The Hall–Kier alpha value is -1.21. The molecule has 0 aliphatic rings. The van der Waals surface area contributed by atoms with E-state index in [1.54, 1.807) is 17.6 Å². The zero-order chi connectivity index (χ0) is 12.5. The Labute approximate surface area is 116 Å². The van der Waals surface area contributed by atoms with Gasteiger partial charge in [0.1, 0.15) is 11.8 Å². The van der Waals surface area contributed by atoms with Crippen molar-refractivity contribution in [2.24, 2.45) is 5.84 Å². The van der Waals surface area contributed by atoms with Crippen molar-refractivity contribution in [3.05, 3.63) is 51.8 Å². The first-order valence-corrected chi connectivity index (χ1v) is 6.99. The quantitative estimate of drug-likeness (QED) is 0.574. The number of nitrogens with zero attached hydrogens (tertiary/aromatic N) is 1. The van der Waals surface area contributed by atoms with Gasteiger partial charge >= 0.3 is 0 Å². The predicted molar refractivity (Wildman–Crippen MR) is 75.2 cm³/mol. The third-order valence-electron chi connectivity index (χ3n) is 2.73. The average molecular weight is 324 g/mol. The first-order chi connectivity index (χ1) is 8.79. The van der Waals surface area contributed by atoms with Gasteiger partial charge in [-0.1, -0.05) is 0 Å². The number of thiophene rings is 1. The van der Waals surface area contributed by atoms with E-state index in [-0.39, 0.29) is 6.04 Å². The van der Waals surface area contributed by atoms with Crippen LogP contribution in [0.1, 0.15) is 17.4 Å². The topological polar surface area (TPSA) is 64.1 Å². The van der Waals surface area contributed by atoms with Crippen LogP contribution in [0.15, 0.2) is 44.9 Å². The molecule has 18 heavy (non-hydrogen) atoms. The first kappa shape index (κ1) is 11.9. The number of nitrogens with one attached hydrogen (secondary N) is 1. The van der Waals surface area contributed by atoms with Gasteiger partial charge in [0.2, 0.25) is 0 Å². The lowest BCUT2D eigenvalue weighted by Gasteiger charge is -2.14. The first-order valence-electron chi connectivity index (χ1n) is 5.32. The Balaban J connectivity index is 2.08. The molecule has 0 fully saturated rings. The van der Waals surface area contributed by atoms with Gasteiger partial charge in [0.05, 0.1) is 21.0 Å². The number of halogens is 1. The number of hydrogen-bond donors (Lipinski definition) is 2. The van der Waals surface area contributed by atoms with Gasteiger partial charge in [-0.15, -0.1) is 11.3 Å². The molecule has 1 unspecified atom stereocenters. The molecule has 0 bridgehead atoms. The van der Waals surface area contributed by atoms with Gasteiger partial charge in [0.15, 0.2) is 0 Å². The smallest absolute Gasteiger partial charge is 0.140 e. The largest absolute Gasteiger partial charge is 0.466 e. The fraction of sp³-hybridized carbons (Fsp3) is 0.0833. The normalized spacial score (nSPS) is 13.0. The lowest BCUT2D eigenvalue weighted by atomic mass is 10.1. The molecular weight excluding hydrogens is 314 g/mol. The van der Waals surface area contributed by atoms with Gasteiger partial charge in [0, 0.05) is 6.20 Å². The highest BCUT2D eigenvalue weighted by atomic mass is 79.9. The lowest BCUT2D eigenvalue weighted by molar-refractivity contribution is 0.449. The Kier molecular flexibility index (Phi) is 3.17. The molecule has 3 aromatic rings. The van der Waals surface area contributed by atoms with Crippen molar-refractivity contribution in [1.82, 2.24) is 10.4 Å². The monoisotopic (exact) mass is 323 g/mol. The predicted octanol–water partition coefficient (Wildman–Crippen LogP) is 3.20. The van der Waals surface area contributed by atoms with E-state index in [0.29, 0.717) is 0 Å². The van der Waals surface area contributed by atoms with Crippen molar-refractivity contribution in [2.45, 2.75) is 6.04 Å². The molecule has 1 atom stereocenters. The second-order valence-electron chi connectivity index (χ2n) is 3.81. The molecule has 0 amide bonds. The van der Waals surface area contributed by atoms with Crippen LogP contribution in [0.4, 0.5) is 0 Å². The Morgan fingerprint density at radius 3 is 3.06 bits per heavy atom. The second-order valence-corrected chi connectivity index (χ2v) is 5.61. The van der Waals surface area contributed by atoms with E-state index in [2.05, 4.69) is 32.4 Å². The Morgan fingerprint density at radius 2 is 2.33 bits per heavy atom. The van der Waals surface area contributed by atoms with Crippen LogP contribution in [-0.4, -0.2) is 4.98 Å². The summed E-state index contributed by atoms with van der Waals surface area (Å²) >= 11 is 5.10. The van der Waals surface area contributed by atoms with Gasteiger partial charge < -0.3 is 4.42 Å². The number of pyridine rings is 1. The van der Waals surface area contributed by atoms with E-state index in [1.807, 2.05) is 23.7 Å². The van der Waals surface area contributed by atoms with Crippen LogP contribution in [0, 0.1) is 0 Å². The average Bonchev–Trinajstić information content (AvgIpc) is 2.99. The minimum Gasteiger partial charge on any atom is -0.466 e. The van der Waals surface area contributed by atoms with Gasteiger partial charge in [0.25, 0.3) is 0 Å². The zero-order valence-electron chi connectivity index (χ0n) is 9.26. The van der Waals surface area contributed by atoms with E-state index >= 15 is 0 Å². The van der Waals surface area contributed by atoms with E-state index < -0.39 is 0 Å². The van der Waals surface area contributed by atoms with Crippen LogP contribution in [0.25, 0.3) is 10.2 Å². The third kappa shape index (κ3) is 1.97. The fourth-order valence-electron chi connectivity index (χ4n) is 1.85. The number of hydrazine groups is 1. The number of hydrogen-bond acceptors (Lipinski definition) is 5. The third-order valence-corrected chi connectivity index (χ3v) is 4.24. The molecule has 0 spiro atoms. The molecule has 6 heteroatoms. The summed E-state index contributed by atoms with van der Waals surface area (Å²) in [6, 6.07) is 5.70. The summed E-state index contributed by atoms with van der Waals surface area (Å²) < 4.78 is 7.47. The van der Waals surface area contributed by atoms with E-state index in [0.717, 1.165) is 26.0 Å². The molecule has 0 saturated heterocycles. The molecule has 3 N–H and O–H groups in total. The van der Waals surface area contributed by atoms with Crippen LogP contribution < -0.4 is 11.3 Å². The highest BCUT2D eigenvalue weighted by Crippen LogP contribution is 2.30.